The monoisotopic (exact) mass is 441 g/mol. The van der Waals surface area contributed by atoms with Crippen LogP contribution in [0, 0.1) is 23.5 Å². The molecule has 0 bridgehead atoms. The highest BCUT2D eigenvalue weighted by molar-refractivity contribution is 5.84. The van der Waals surface area contributed by atoms with Crippen LogP contribution < -0.4 is 0 Å². The molecule has 0 radical (unpaired) electrons. The molecule has 0 unspecified atom stereocenters. The minimum Gasteiger partial charge on any atom is -0.385 e. The van der Waals surface area contributed by atoms with Crippen molar-refractivity contribution in [2.45, 2.75) is 25.7 Å². The second-order valence-electron chi connectivity index (χ2n) is 8.00. The summed E-state index contributed by atoms with van der Waals surface area (Å²) in [7, 11) is 1.72. The Kier molecular flexibility index (Phi) is 7.44. The molecule has 0 spiro atoms. The molecule has 0 fully saturated rings. The van der Waals surface area contributed by atoms with Gasteiger partial charge in [0.1, 0.15) is 0 Å². The number of nitrogens with zero attached hydrogens (tertiary/aromatic N) is 1. The Balaban J connectivity index is 1.35. The number of halogens is 2. The van der Waals surface area contributed by atoms with E-state index in [4.69, 9.17) is 4.74 Å². The van der Waals surface area contributed by atoms with Gasteiger partial charge in [-0.25, -0.2) is 8.78 Å². The molecule has 0 amide bonds. The Morgan fingerprint density at radius 2 is 1.55 bits per heavy atom. The molecule has 3 aromatic carbocycles. The maximum absolute atomic E-state index is 13.8. The Morgan fingerprint density at radius 3 is 2.30 bits per heavy atom. The number of pyridine rings is 1. The molecule has 0 aliphatic rings. The molecule has 4 aromatic rings. The molecule has 33 heavy (non-hydrogen) atoms. The van der Waals surface area contributed by atoms with E-state index < -0.39 is 11.6 Å². The minimum atomic E-state index is -0.841. The molecule has 0 aliphatic heterocycles. The van der Waals surface area contributed by atoms with Gasteiger partial charge in [0.05, 0.1) is 0 Å². The van der Waals surface area contributed by atoms with E-state index in [0.29, 0.717) is 5.39 Å². The number of ether oxygens (including phenoxy) is 1. The first-order valence-electron chi connectivity index (χ1n) is 11.0. The van der Waals surface area contributed by atoms with Crippen molar-refractivity contribution < 1.29 is 13.5 Å². The lowest BCUT2D eigenvalue weighted by Crippen LogP contribution is -1.97. The molecule has 2 nitrogen and oxygen atoms in total. The number of aryl methyl sites for hydroxylation is 3. The summed E-state index contributed by atoms with van der Waals surface area (Å²) in [6, 6.07) is 20.2. The summed E-state index contributed by atoms with van der Waals surface area (Å²) in [5.74, 6) is 4.58. The number of hydrogen-bond donors (Lipinski definition) is 0. The van der Waals surface area contributed by atoms with Crippen molar-refractivity contribution in [3.63, 3.8) is 0 Å². The third-order valence-electron chi connectivity index (χ3n) is 5.58. The SMILES string of the molecule is COCCCc1ccc(CCc2ccc(C#Cc3ccc4c(F)c(F)ccc4c3)cc2)nc1. The van der Waals surface area contributed by atoms with E-state index in [2.05, 4.69) is 41.1 Å². The molecule has 0 saturated carbocycles. The number of methoxy groups -OCH3 is 1. The lowest BCUT2D eigenvalue weighted by molar-refractivity contribution is 0.195. The van der Waals surface area contributed by atoms with Gasteiger partial charge in [-0.2, -0.15) is 0 Å². The minimum absolute atomic E-state index is 0.264. The molecule has 0 atom stereocenters. The molecule has 166 valence electrons. The number of rotatable bonds is 7. The second kappa shape index (κ2) is 10.8. The van der Waals surface area contributed by atoms with Crippen LogP contribution in [-0.2, 0) is 24.0 Å². The zero-order valence-electron chi connectivity index (χ0n) is 18.6. The van der Waals surface area contributed by atoms with E-state index in [1.54, 1.807) is 31.4 Å². The van der Waals surface area contributed by atoms with Gasteiger partial charge in [-0.1, -0.05) is 42.2 Å². The van der Waals surface area contributed by atoms with Crippen molar-refractivity contribution in [1.82, 2.24) is 4.98 Å². The van der Waals surface area contributed by atoms with Gasteiger partial charge < -0.3 is 4.74 Å². The van der Waals surface area contributed by atoms with Crippen molar-refractivity contribution in [2.24, 2.45) is 0 Å². The molecular formula is C29H25F2NO. The van der Waals surface area contributed by atoms with Crippen LogP contribution in [0.1, 0.15) is 34.4 Å². The van der Waals surface area contributed by atoms with Gasteiger partial charge in [-0.05, 0) is 78.6 Å². The molecule has 0 saturated heterocycles. The zero-order chi connectivity index (χ0) is 23.0. The van der Waals surface area contributed by atoms with Crippen molar-refractivity contribution in [1.29, 1.82) is 0 Å². The van der Waals surface area contributed by atoms with E-state index in [9.17, 15) is 8.78 Å². The van der Waals surface area contributed by atoms with Crippen LogP contribution in [0.2, 0.25) is 0 Å². The summed E-state index contributed by atoms with van der Waals surface area (Å²) in [5.41, 5.74) is 5.22. The van der Waals surface area contributed by atoms with Gasteiger partial charge in [0.25, 0.3) is 0 Å². The first-order valence-corrected chi connectivity index (χ1v) is 11.0. The van der Waals surface area contributed by atoms with Gasteiger partial charge in [0.2, 0.25) is 0 Å². The molecule has 1 aromatic heterocycles. The summed E-state index contributed by atoms with van der Waals surface area (Å²) >= 11 is 0. The lowest BCUT2D eigenvalue weighted by atomic mass is 10.0. The average molecular weight is 442 g/mol. The predicted molar refractivity (Wildman–Crippen MR) is 128 cm³/mol. The highest BCUT2D eigenvalue weighted by Crippen LogP contribution is 2.21. The Morgan fingerprint density at radius 1 is 0.788 bits per heavy atom. The van der Waals surface area contributed by atoms with Gasteiger partial charge >= 0.3 is 0 Å². The third kappa shape index (κ3) is 6.03. The van der Waals surface area contributed by atoms with Crippen LogP contribution in [0.25, 0.3) is 10.8 Å². The van der Waals surface area contributed by atoms with E-state index in [0.717, 1.165) is 55.2 Å². The highest BCUT2D eigenvalue weighted by atomic mass is 19.2. The highest BCUT2D eigenvalue weighted by Gasteiger charge is 2.06. The fourth-order valence-corrected chi connectivity index (χ4v) is 3.69. The van der Waals surface area contributed by atoms with Crippen molar-refractivity contribution in [2.75, 3.05) is 13.7 Å². The normalized spacial score (nSPS) is 10.8. The zero-order valence-corrected chi connectivity index (χ0v) is 18.6. The molecule has 1 heterocycles. The maximum Gasteiger partial charge on any atom is 0.166 e. The summed E-state index contributed by atoms with van der Waals surface area (Å²) < 4.78 is 32.3. The Bertz CT molecular complexity index is 1290. The van der Waals surface area contributed by atoms with Crippen molar-refractivity contribution in [3.8, 4) is 11.8 Å². The van der Waals surface area contributed by atoms with Gasteiger partial charge in [-0.3, -0.25) is 4.98 Å². The smallest absolute Gasteiger partial charge is 0.166 e. The average Bonchev–Trinajstić information content (AvgIpc) is 2.85. The summed E-state index contributed by atoms with van der Waals surface area (Å²) in [6.07, 6.45) is 5.75. The number of aromatic nitrogens is 1. The molecule has 0 N–H and O–H groups in total. The van der Waals surface area contributed by atoms with E-state index >= 15 is 0 Å². The molecule has 4 rings (SSSR count). The second-order valence-corrected chi connectivity index (χ2v) is 8.00. The number of hydrogen-bond acceptors (Lipinski definition) is 2. The topological polar surface area (TPSA) is 22.1 Å². The fourth-order valence-electron chi connectivity index (χ4n) is 3.69. The van der Waals surface area contributed by atoms with Crippen LogP contribution in [0.5, 0.6) is 0 Å². The van der Waals surface area contributed by atoms with Crippen LogP contribution in [-0.4, -0.2) is 18.7 Å². The Hall–Kier alpha value is -3.55. The van der Waals surface area contributed by atoms with Gasteiger partial charge in [0.15, 0.2) is 11.6 Å². The quantitative estimate of drug-likeness (QED) is 0.249. The van der Waals surface area contributed by atoms with Crippen LogP contribution in [0.15, 0.2) is 72.9 Å². The first kappa shape index (κ1) is 22.6. The summed E-state index contributed by atoms with van der Waals surface area (Å²) in [6.45, 7) is 0.769. The van der Waals surface area contributed by atoms with E-state index in [1.807, 2.05) is 18.3 Å². The summed E-state index contributed by atoms with van der Waals surface area (Å²) in [4.78, 5) is 4.58. The maximum atomic E-state index is 13.8. The first-order chi connectivity index (χ1) is 16.1. The van der Waals surface area contributed by atoms with Gasteiger partial charge in [-0.15, -0.1) is 0 Å². The standard InChI is InChI=1S/C29H25F2NO/c1-33-18-2-3-24-11-15-26(32-20-24)14-10-22-6-4-21(5-7-22)8-9-23-12-16-27-25(19-23)13-17-28(30)29(27)31/h4-7,11-13,15-17,19-20H,2-3,10,14,18H2,1H3. The van der Waals surface area contributed by atoms with E-state index in [-0.39, 0.29) is 5.39 Å². The van der Waals surface area contributed by atoms with Crippen molar-refractivity contribution >= 4 is 10.8 Å². The molecule has 4 heteroatoms. The van der Waals surface area contributed by atoms with E-state index in [1.165, 1.54) is 11.1 Å². The lowest BCUT2D eigenvalue weighted by Gasteiger charge is -2.04. The fraction of sp³-hybridized carbons (Fsp3) is 0.207. The summed E-state index contributed by atoms with van der Waals surface area (Å²) in [5, 5.41) is 0.896. The number of fused-ring (bicyclic) bond motifs is 1. The van der Waals surface area contributed by atoms with Crippen LogP contribution in [0.3, 0.4) is 0 Å². The van der Waals surface area contributed by atoms with Gasteiger partial charge in [0, 0.05) is 42.1 Å². The third-order valence-corrected chi connectivity index (χ3v) is 5.58. The van der Waals surface area contributed by atoms with Crippen LogP contribution >= 0.6 is 0 Å². The molecule has 0 aliphatic carbocycles. The molecular weight excluding hydrogens is 416 g/mol. The number of benzene rings is 3. The Labute approximate surface area is 193 Å². The van der Waals surface area contributed by atoms with Crippen LogP contribution in [0.4, 0.5) is 8.78 Å². The predicted octanol–water partition coefficient (Wildman–Crippen LogP) is 6.28. The van der Waals surface area contributed by atoms with Crippen molar-refractivity contribution in [3.05, 3.63) is 113 Å². The largest absolute Gasteiger partial charge is 0.385 e.